The van der Waals surface area contributed by atoms with E-state index in [1.807, 2.05) is 0 Å². The van der Waals surface area contributed by atoms with Gasteiger partial charge in [0.15, 0.2) is 6.61 Å². The Morgan fingerprint density at radius 3 is 2.69 bits per heavy atom. The molecule has 5 nitrogen and oxygen atoms in total. The number of amides is 2. The molecule has 0 unspecified atom stereocenters. The maximum absolute atomic E-state index is 12.7. The number of nitrogens with one attached hydrogen (secondary N) is 1. The van der Waals surface area contributed by atoms with Gasteiger partial charge in [0.25, 0.3) is 5.91 Å². The molecule has 2 amide bonds. The van der Waals surface area contributed by atoms with Crippen LogP contribution in [0.2, 0.25) is 0 Å². The van der Waals surface area contributed by atoms with Crippen molar-refractivity contribution >= 4 is 23.2 Å². The average Bonchev–Trinajstić information content (AvgIpc) is 2.60. The highest BCUT2D eigenvalue weighted by Crippen LogP contribution is 2.32. The van der Waals surface area contributed by atoms with Crippen LogP contribution in [-0.2, 0) is 15.8 Å². The topological polar surface area (TPSA) is 58.6 Å². The summed E-state index contributed by atoms with van der Waals surface area (Å²) in [5.74, 6) is -0.220. The number of halogens is 3. The molecule has 0 saturated heterocycles. The van der Waals surface area contributed by atoms with Crippen molar-refractivity contribution in [3.63, 3.8) is 0 Å². The number of anilines is 2. The van der Waals surface area contributed by atoms with Crippen molar-refractivity contribution in [2.24, 2.45) is 0 Å². The van der Waals surface area contributed by atoms with Gasteiger partial charge in [-0.15, -0.1) is 0 Å². The van der Waals surface area contributed by atoms with Crippen LogP contribution in [0.3, 0.4) is 0 Å². The van der Waals surface area contributed by atoms with Crippen LogP contribution >= 0.6 is 0 Å². The number of fused-ring (bicyclic) bond motifs is 1. The standard InChI is InChI=1S/C18H15F3N2O3/c19-18(20,21)12-4-3-5-13(10-12)22-16(24)8-9-23-14-6-1-2-7-15(14)26-11-17(23)25/h1-7,10H,8-9,11H2,(H,22,24). The monoisotopic (exact) mass is 364 g/mol. The van der Waals surface area contributed by atoms with E-state index in [2.05, 4.69) is 5.32 Å². The number of carbonyl (C=O) groups is 2. The Morgan fingerprint density at radius 2 is 1.92 bits per heavy atom. The molecule has 0 bridgehead atoms. The van der Waals surface area contributed by atoms with Crippen LogP contribution in [-0.4, -0.2) is 25.0 Å². The SMILES string of the molecule is O=C(CCN1C(=O)COc2ccccc21)Nc1cccc(C(F)(F)F)c1. The minimum absolute atomic E-state index is 0.0542. The van der Waals surface area contributed by atoms with Crippen molar-refractivity contribution in [3.8, 4) is 5.75 Å². The summed E-state index contributed by atoms with van der Waals surface area (Å²) in [6.45, 7) is -0.0176. The van der Waals surface area contributed by atoms with Gasteiger partial charge in [0.05, 0.1) is 11.3 Å². The minimum atomic E-state index is -4.48. The Balaban J connectivity index is 1.64. The van der Waals surface area contributed by atoms with E-state index in [0.717, 1.165) is 12.1 Å². The average molecular weight is 364 g/mol. The molecule has 136 valence electrons. The Morgan fingerprint density at radius 1 is 1.15 bits per heavy atom. The van der Waals surface area contributed by atoms with Crippen LogP contribution in [0, 0.1) is 0 Å². The van der Waals surface area contributed by atoms with E-state index >= 15 is 0 Å². The molecule has 0 atom stereocenters. The number of hydrogen-bond donors (Lipinski definition) is 1. The van der Waals surface area contributed by atoms with E-state index < -0.39 is 17.6 Å². The zero-order valence-corrected chi connectivity index (χ0v) is 13.5. The van der Waals surface area contributed by atoms with Gasteiger partial charge < -0.3 is 15.0 Å². The number of rotatable bonds is 4. The second kappa shape index (κ2) is 7.07. The summed E-state index contributed by atoms with van der Waals surface area (Å²) in [7, 11) is 0. The fraction of sp³-hybridized carbons (Fsp3) is 0.222. The molecule has 1 heterocycles. The number of hydrogen-bond acceptors (Lipinski definition) is 3. The highest BCUT2D eigenvalue weighted by atomic mass is 19.4. The van der Waals surface area contributed by atoms with Crippen molar-refractivity contribution in [2.45, 2.75) is 12.6 Å². The van der Waals surface area contributed by atoms with E-state index in [1.165, 1.54) is 17.0 Å². The highest BCUT2D eigenvalue weighted by molar-refractivity contribution is 5.99. The molecule has 1 aliphatic rings. The zero-order valence-electron chi connectivity index (χ0n) is 13.5. The first kappa shape index (κ1) is 17.8. The molecule has 8 heteroatoms. The van der Waals surface area contributed by atoms with Gasteiger partial charge in [0.2, 0.25) is 5.91 Å². The summed E-state index contributed by atoms with van der Waals surface area (Å²) >= 11 is 0. The first-order valence-corrected chi connectivity index (χ1v) is 7.84. The van der Waals surface area contributed by atoms with Gasteiger partial charge in [-0.05, 0) is 30.3 Å². The minimum Gasteiger partial charge on any atom is -0.482 e. The molecule has 0 aliphatic carbocycles. The first-order valence-electron chi connectivity index (χ1n) is 7.84. The number of benzene rings is 2. The van der Waals surface area contributed by atoms with Crippen LogP contribution in [0.1, 0.15) is 12.0 Å². The summed E-state index contributed by atoms with van der Waals surface area (Å²) in [6, 6.07) is 11.3. The number of para-hydroxylation sites is 2. The lowest BCUT2D eigenvalue weighted by Gasteiger charge is -2.29. The normalized spacial score (nSPS) is 13.8. The van der Waals surface area contributed by atoms with Gasteiger partial charge in [-0.25, -0.2) is 0 Å². The molecule has 0 spiro atoms. The van der Waals surface area contributed by atoms with Crippen LogP contribution in [0.4, 0.5) is 24.5 Å². The molecule has 2 aromatic carbocycles. The summed E-state index contributed by atoms with van der Waals surface area (Å²) in [5, 5.41) is 2.42. The number of carbonyl (C=O) groups excluding carboxylic acids is 2. The fourth-order valence-corrected chi connectivity index (χ4v) is 2.61. The predicted octanol–water partition coefficient (Wildman–Crippen LogP) is 3.46. The van der Waals surface area contributed by atoms with Gasteiger partial charge in [0.1, 0.15) is 5.75 Å². The Bertz CT molecular complexity index is 836. The van der Waals surface area contributed by atoms with E-state index in [1.54, 1.807) is 24.3 Å². The maximum Gasteiger partial charge on any atom is 0.416 e. The lowest BCUT2D eigenvalue weighted by Crippen LogP contribution is -2.40. The van der Waals surface area contributed by atoms with Crippen LogP contribution in [0.25, 0.3) is 0 Å². The van der Waals surface area contributed by atoms with Crippen molar-refractivity contribution in [1.82, 2.24) is 0 Å². The van der Waals surface area contributed by atoms with E-state index in [9.17, 15) is 22.8 Å². The lowest BCUT2D eigenvalue weighted by atomic mass is 10.2. The van der Waals surface area contributed by atoms with Crippen molar-refractivity contribution in [1.29, 1.82) is 0 Å². The second-order valence-electron chi connectivity index (χ2n) is 5.68. The first-order chi connectivity index (χ1) is 12.3. The summed E-state index contributed by atoms with van der Waals surface area (Å²) < 4.78 is 43.4. The third kappa shape index (κ3) is 3.96. The second-order valence-corrected chi connectivity index (χ2v) is 5.68. The fourth-order valence-electron chi connectivity index (χ4n) is 2.61. The zero-order chi connectivity index (χ0) is 18.7. The number of alkyl halides is 3. The Labute approximate surface area is 147 Å². The molecule has 2 aromatic rings. The molecule has 26 heavy (non-hydrogen) atoms. The van der Waals surface area contributed by atoms with Gasteiger partial charge in [-0.3, -0.25) is 9.59 Å². The van der Waals surface area contributed by atoms with Crippen molar-refractivity contribution in [2.75, 3.05) is 23.4 Å². The van der Waals surface area contributed by atoms with Gasteiger partial charge in [0, 0.05) is 18.7 Å². The predicted molar refractivity (Wildman–Crippen MR) is 89.0 cm³/mol. The quantitative estimate of drug-likeness (QED) is 0.904. The maximum atomic E-state index is 12.7. The third-order valence-electron chi connectivity index (χ3n) is 3.84. The molecule has 3 rings (SSSR count). The number of nitrogens with zero attached hydrogens (tertiary/aromatic N) is 1. The molecule has 0 fully saturated rings. The summed E-state index contributed by atoms with van der Waals surface area (Å²) in [4.78, 5) is 25.5. The number of ether oxygens (including phenoxy) is 1. The largest absolute Gasteiger partial charge is 0.482 e. The smallest absolute Gasteiger partial charge is 0.416 e. The van der Waals surface area contributed by atoms with Crippen molar-refractivity contribution in [3.05, 3.63) is 54.1 Å². The Kier molecular flexibility index (Phi) is 4.83. The Hall–Kier alpha value is -3.03. The summed E-state index contributed by atoms with van der Waals surface area (Å²) in [6.07, 6.45) is -4.54. The van der Waals surface area contributed by atoms with E-state index in [-0.39, 0.29) is 31.2 Å². The molecule has 1 N–H and O–H groups in total. The van der Waals surface area contributed by atoms with Crippen LogP contribution in [0.5, 0.6) is 5.75 Å². The molecule has 0 saturated carbocycles. The highest BCUT2D eigenvalue weighted by Gasteiger charge is 2.30. The lowest BCUT2D eigenvalue weighted by molar-refractivity contribution is -0.137. The molecular weight excluding hydrogens is 349 g/mol. The third-order valence-corrected chi connectivity index (χ3v) is 3.84. The van der Waals surface area contributed by atoms with Gasteiger partial charge in [-0.2, -0.15) is 13.2 Å². The van der Waals surface area contributed by atoms with Gasteiger partial charge in [-0.1, -0.05) is 18.2 Å². The van der Waals surface area contributed by atoms with Crippen LogP contribution < -0.4 is 15.0 Å². The molecule has 0 radical (unpaired) electrons. The van der Waals surface area contributed by atoms with Crippen LogP contribution in [0.15, 0.2) is 48.5 Å². The molecule has 0 aromatic heterocycles. The van der Waals surface area contributed by atoms with Gasteiger partial charge >= 0.3 is 6.18 Å². The molecule has 1 aliphatic heterocycles. The van der Waals surface area contributed by atoms with Crippen molar-refractivity contribution < 1.29 is 27.5 Å². The van der Waals surface area contributed by atoms with E-state index in [0.29, 0.717) is 11.4 Å². The van der Waals surface area contributed by atoms with E-state index in [4.69, 9.17) is 4.74 Å². The summed E-state index contributed by atoms with van der Waals surface area (Å²) in [5.41, 5.74) is -0.221. The molecular formula is C18H15F3N2O3.